The fraction of sp³-hybridized carbons (Fsp3) is 1.00. The van der Waals surface area contributed by atoms with Crippen molar-refractivity contribution >= 4 is 0 Å². The lowest BCUT2D eigenvalue weighted by atomic mass is 10.4. The highest BCUT2D eigenvalue weighted by molar-refractivity contribution is 4.56. The molecule has 0 aliphatic heterocycles. The molecule has 98 valence electrons. The fourth-order valence-electron chi connectivity index (χ4n) is 1.51. The third-order valence-corrected chi connectivity index (χ3v) is 2.52. The first-order chi connectivity index (χ1) is 7.66. The highest BCUT2D eigenvalue weighted by Crippen LogP contribution is 1.87. The van der Waals surface area contributed by atoms with E-state index in [1.807, 2.05) is 0 Å². The molecule has 0 aromatic heterocycles. The highest BCUT2D eigenvalue weighted by Gasteiger charge is 1.97. The minimum absolute atomic E-state index is 0.862. The third kappa shape index (κ3) is 11.9. The van der Waals surface area contributed by atoms with Crippen molar-refractivity contribution in [3.8, 4) is 0 Å². The molecule has 0 radical (unpaired) electrons. The van der Waals surface area contributed by atoms with Crippen LogP contribution in [0.4, 0.5) is 0 Å². The van der Waals surface area contributed by atoms with E-state index in [2.05, 4.69) is 36.3 Å². The van der Waals surface area contributed by atoms with Gasteiger partial charge >= 0.3 is 0 Å². The molecule has 0 amide bonds. The zero-order valence-electron chi connectivity index (χ0n) is 11.5. The lowest BCUT2D eigenvalue weighted by molar-refractivity contribution is 0.179. The van der Waals surface area contributed by atoms with Gasteiger partial charge in [0.2, 0.25) is 0 Å². The van der Waals surface area contributed by atoms with Crippen LogP contribution in [0.5, 0.6) is 0 Å². The lowest BCUT2D eigenvalue weighted by Gasteiger charge is -2.16. The Kier molecular flexibility index (Phi) is 11.2. The molecule has 0 heterocycles. The van der Waals surface area contributed by atoms with Crippen LogP contribution in [-0.2, 0) is 4.74 Å². The number of hydrogen-bond donors (Lipinski definition) is 1. The van der Waals surface area contributed by atoms with E-state index in [9.17, 15) is 0 Å². The summed E-state index contributed by atoms with van der Waals surface area (Å²) < 4.78 is 5.03. The van der Waals surface area contributed by atoms with Crippen LogP contribution in [0.1, 0.15) is 12.8 Å². The van der Waals surface area contributed by atoms with E-state index >= 15 is 0 Å². The van der Waals surface area contributed by atoms with E-state index in [0.29, 0.717) is 0 Å². The topological polar surface area (TPSA) is 27.7 Å². The molecular weight excluding hydrogens is 202 g/mol. The molecule has 0 rings (SSSR count). The van der Waals surface area contributed by atoms with Gasteiger partial charge in [-0.25, -0.2) is 0 Å². The van der Waals surface area contributed by atoms with Crippen LogP contribution < -0.4 is 5.32 Å². The number of nitrogens with one attached hydrogen (secondary N) is 1. The molecular formula is C12H29N3O. The number of hydrogen-bond acceptors (Lipinski definition) is 4. The summed E-state index contributed by atoms with van der Waals surface area (Å²) in [5, 5.41) is 3.46. The molecule has 4 nitrogen and oxygen atoms in total. The average Bonchev–Trinajstić information content (AvgIpc) is 2.23. The largest absolute Gasteiger partial charge is 0.385 e. The minimum Gasteiger partial charge on any atom is -0.385 e. The Bertz CT molecular complexity index is 142. The monoisotopic (exact) mass is 231 g/mol. The smallest absolute Gasteiger partial charge is 0.0474 e. The molecule has 4 heteroatoms. The van der Waals surface area contributed by atoms with Crippen molar-refractivity contribution in [1.29, 1.82) is 0 Å². The van der Waals surface area contributed by atoms with Crippen molar-refractivity contribution in [2.24, 2.45) is 0 Å². The SMILES string of the molecule is COCCCN(C)CCNCCCN(C)C. The summed E-state index contributed by atoms with van der Waals surface area (Å²) in [6.45, 7) is 6.46. The maximum Gasteiger partial charge on any atom is 0.0474 e. The molecule has 0 saturated carbocycles. The summed E-state index contributed by atoms with van der Waals surface area (Å²) in [6.07, 6.45) is 2.34. The van der Waals surface area contributed by atoms with Crippen molar-refractivity contribution in [3.05, 3.63) is 0 Å². The molecule has 0 bridgehead atoms. The predicted molar refractivity (Wildman–Crippen MR) is 70.0 cm³/mol. The van der Waals surface area contributed by atoms with Gasteiger partial charge in [-0.2, -0.15) is 0 Å². The summed E-state index contributed by atoms with van der Waals surface area (Å²) in [7, 11) is 8.15. The van der Waals surface area contributed by atoms with Crippen LogP contribution in [0.25, 0.3) is 0 Å². The predicted octanol–water partition coefficient (Wildman–Crippen LogP) is 0.496. The van der Waals surface area contributed by atoms with Crippen molar-refractivity contribution in [2.45, 2.75) is 12.8 Å². The molecule has 16 heavy (non-hydrogen) atoms. The maximum absolute atomic E-state index is 5.03. The first-order valence-electron chi connectivity index (χ1n) is 6.19. The van der Waals surface area contributed by atoms with Crippen LogP contribution in [0.15, 0.2) is 0 Å². The molecule has 0 unspecified atom stereocenters. The molecule has 0 atom stereocenters. The second-order valence-electron chi connectivity index (χ2n) is 4.56. The second-order valence-corrected chi connectivity index (χ2v) is 4.56. The zero-order valence-corrected chi connectivity index (χ0v) is 11.5. The van der Waals surface area contributed by atoms with Gasteiger partial charge in [0.15, 0.2) is 0 Å². The lowest BCUT2D eigenvalue weighted by Crippen LogP contribution is -2.31. The van der Waals surface area contributed by atoms with Crippen LogP contribution in [0.3, 0.4) is 0 Å². The Balaban J connectivity index is 3.12. The van der Waals surface area contributed by atoms with Gasteiger partial charge in [0.1, 0.15) is 0 Å². The van der Waals surface area contributed by atoms with E-state index in [1.54, 1.807) is 7.11 Å². The van der Waals surface area contributed by atoms with Crippen LogP contribution in [-0.4, -0.2) is 77.4 Å². The zero-order chi connectivity index (χ0) is 12.2. The third-order valence-electron chi connectivity index (χ3n) is 2.52. The maximum atomic E-state index is 5.03. The summed E-state index contributed by atoms with van der Waals surface area (Å²) in [4.78, 5) is 4.57. The van der Waals surface area contributed by atoms with Gasteiger partial charge in [0.05, 0.1) is 0 Å². The van der Waals surface area contributed by atoms with E-state index < -0.39 is 0 Å². The first kappa shape index (κ1) is 15.8. The van der Waals surface area contributed by atoms with Crippen molar-refractivity contribution < 1.29 is 4.74 Å². The molecule has 0 spiro atoms. The average molecular weight is 231 g/mol. The minimum atomic E-state index is 0.862. The van der Waals surface area contributed by atoms with Gasteiger partial charge < -0.3 is 19.9 Å². The summed E-state index contributed by atoms with van der Waals surface area (Å²) in [6, 6.07) is 0. The van der Waals surface area contributed by atoms with Gasteiger partial charge in [0.25, 0.3) is 0 Å². The Hall–Kier alpha value is -0.160. The highest BCUT2D eigenvalue weighted by atomic mass is 16.5. The van der Waals surface area contributed by atoms with E-state index in [1.165, 1.54) is 6.42 Å². The van der Waals surface area contributed by atoms with E-state index in [4.69, 9.17) is 4.74 Å². The summed E-state index contributed by atoms with van der Waals surface area (Å²) in [5.74, 6) is 0. The number of methoxy groups -OCH3 is 1. The van der Waals surface area contributed by atoms with Gasteiger partial charge in [-0.1, -0.05) is 0 Å². The molecule has 0 aliphatic rings. The molecule has 0 saturated heterocycles. The Labute approximate surface area is 101 Å². The van der Waals surface area contributed by atoms with Crippen LogP contribution >= 0.6 is 0 Å². The quantitative estimate of drug-likeness (QED) is 0.524. The number of nitrogens with zero attached hydrogens (tertiary/aromatic N) is 2. The molecule has 0 aliphatic carbocycles. The van der Waals surface area contributed by atoms with Gasteiger partial charge in [-0.3, -0.25) is 0 Å². The Morgan fingerprint density at radius 1 is 0.938 bits per heavy atom. The van der Waals surface area contributed by atoms with Crippen molar-refractivity contribution in [2.75, 3.05) is 67.6 Å². The van der Waals surface area contributed by atoms with E-state index in [-0.39, 0.29) is 0 Å². The molecule has 0 aromatic carbocycles. The summed E-state index contributed by atoms with van der Waals surface area (Å²) in [5.41, 5.74) is 0. The molecule has 0 aromatic rings. The van der Waals surface area contributed by atoms with Crippen LogP contribution in [0, 0.1) is 0 Å². The summed E-state index contributed by atoms with van der Waals surface area (Å²) >= 11 is 0. The van der Waals surface area contributed by atoms with E-state index in [0.717, 1.165) is 45.8 Å². The number of likely N-dealkylation sites (N-methyl/N-ethyl adjacent to an activating group) is 1. The van der Waals surface area contributed by atoms with Gasteiger partial charge in [-0.05, 0) is 47.1 Å². The Morgan fingerprint density at radius 3 is 2.31 bits per heavy atom. The fourth-order valence-corrected chi connectivity index (χ4v) is 1.51. The van der Waals surface area contributed by atoms with Crippen molar-refractivity contribution in [3.63, 3.8) is 0 Å². The standard InChI is InChI=1S/C12H29N3O/c1-14(2)9-5-7-13-8-11-15(3)10-6-12-16-4/h13H,5-12H2,1-4H3. The Morgan fingerprint density at radius 2 is 1.69 bits per heavy atom. The molecule has 1 N–H and O–H groups in total. The normalized spacial score (nSPS) is 11.6. The number of ether oxygens (including phenoxy) is 1. The van der Waals surface area contributed by atoms with Gasteiger partial charge in [-0.15, -0.1) is 0 Å². The van der Waals surface area contributed by atoms with Gasteiger partial charge in [0, 0.05) is 33.4 Å². The molecule has 0 fully saturated rings. The first-order valence-corrected chi connectivity index (χ1v) is 6.19. The number of rotatable bonds is 11. The van der Waals surface area contributed by atoms with Crippen LogP contribution in [0.2, 0.25) is 0 Å². The second kappa shape index (κ2) is 11.3. The van der Waals surface area contributed by atoms with Crippen molar-refractivity contribution in [1.82, 2.24) is 15.1 Å².